The van der Waals surface area contributed by atoms with Gasteiger partial charge >= 0.3 is 0 Å². The Balaban J connectivity index is 2.29. The molecule has 1 rings (SSSR count). The van der Waals surface area contributed by atoms with Gasteiger partial charge in [0.25, 0.3) is 0 Å². The van der Waals surface area contributed by atoms with Crippen molar-refractivity contribution in [2.24, 2.45) is 5.41 Å². The van der Waals surface area contributed by atoms with Crippen molar-refractivity contribution < 1.29 is 5.11 Å². The molecule has 0 spiro atoms. The first-order valence-electron chi connectivity index (χ1n) is 4.77. The summed E-state index contributed by atoms with van der Waals surface area (Å²) in [5, 5.41) is 8.73. The Morgan fingerprint density at radius 1 is 1.42 bits per heavy atom. The average molecular weight is 167 g/mol. The number of piperidine rings is 1. The smallest absolute Gasteiger partial charge is 0.182 e. The second-order valence-corrected chi connectivity index (χ2v) is 4.17. The monoisotopic (exact) mass is 167 g/mol. The molecule has 1 aliphatic heterocycles. The summed E-state index contributed by atoms with van der Waals surface area (Å²) >= 11 is 0. The summed E-state index contributed by atoms with van der Waals surface area (Å²) in [5.74, 6) is 0. The van der Waals surface area contributed by atoms with Crippen molar-refractivity contribution in [1.29, 1.82) is 0 Å². The molecule has 0 amide bonds. The predicted molar refractivity (Wildman–Crippen MR) is 51.0 cm³/mol. The van der Waals surface area contributed by atoms with Crippen LogP contribution in [-0.2, 0) is 0 Å². The second-order valence-electron chi connectivity index (χ2n) is 4.17. The highest BCUT2D eigenvalue weighted by Gasteiger charge is 2.27. The molecule has 0 bridgehead atoms. The van der Waals surface area contributed by atoms with E-state index in [0.29, 0.717) is 12.0 Å². The zero-order chi connectivity index (χ0) is 9.03. The molecule has 0 unspecified atom stereocenters. The van der Waals surface area contributed by atoms with Crippen molar-refractivity contribution in [3.8, 4) is 0 Å². The van der Waals surface area contributed by atoms with Gasteiger partial charge in [0, 0.05) is 6.61 Å². The average Bonchev–Trinajstić information content (AvgIpc) is 2.08. The number of hydrogen-bond donors (Lipinski definition) is 1. The lowest BCUT2D eigenvalue weighted by Crippen LogP contribution is -2.37. The maximum atomic E-state index is 8.73. The molecular formula is C9H18BNO. The lowest BCUT2D eigenvalue weighted by Gasteiger charge is -2.38. The largest absolute Gasteiger partial charge is 0.396 e. The number of nitrogens with zero attached hydrogens (tertiary/aromatic N) is 1. The van der Waals surface area contributed by atoms with Crippen LogP contribution in [0.3, 0.4) is 0 Å². The molecule has 0 saturated carbocycles. The molecule has 1 saturated heterocycles. The van der Waals surface area contributed by atoms with E-state index in [1.54, 1.807) is 0 Å². The molecule has 1 N–H and O–H groups in total. The standard InChI is InChI=1S/C9H18BNO/c1-9(3-2-8-12)4-6-11(10)7-5-9/h12H,2-8H2,1H3. The molecule has 1 fully saturated rings. The first-order valence-corrected chi connectivity index (χ1v) is 4.77. The van der Waals surface area contributed by atoms with Gasteiger partial charge < -0.3 is 9.92 Å². The first-order chi connectivity index (χ1) is 5.66. The van der Waals surface area contributed by atoms with Gasteiger partial charge in [0.1, 0.15) is 0 Å². The lowest BCUT2D eigenvalue weighted by molar-refractivity contribution is 0.147. The fraction of sp³-hybridized carbons (Fsp3) is 1.00. The van der Waals surface area contributed by atoms with E-state index in [0.717, 1.165) is 25.9 Å². The van der Waals surface area contributed by atoms with Crippen LogP contribution in [0.4, 0.5) is 0 Å². The predicted octanol–water partition coefficient (Wildman–Crippen LogP) is 0.944. The third-order valence-corrected chi connectivity index (χ3v) is 2.94. The Hall–Kier alpha value is -0.0151. The molecule has 0 aromatic carbocycles. The van der Waals surface area contributed by atoms with Gasteiger partial charge in [-0.15, -0.1) is 0 Å². The third-order valence-electron chi connectivity index (χ3n) is 2.94. The van der Waals surface area contributed by atoms with E-state index in [1.807, 2.05) is 4.81 Å². The zero-order valence-electron chi connectivity index (χ0n) is 7.92. The van der Waals surface area contributed by atoms with Crippen LogP contribution in [0.15, 0.2) is 0 Å². The highest BCUT2D eigenvalue weighted by atomic mass is 16.2. The minimum Gasteiger partial charge on any atom is -0.396 e. The minimum absolute atomic E-state index is 0.321. The van der Waals surface area contributed by atoms with Crippen LogP contribution in [0, 0.1) is 5.41 Å². The van der Waals surface area contributed by atoms with Gasteiger partial charge in [0.2, 0.25) is 0 Å². The quantitative estimate of drug-likeness (QED) is 0.632. The first kappa shape index (κ1) is 10.1. The minimum atomic E-state index is 0.321. The van der Waals surface area contributed by atoms with E-state index < -0.39 is 0 Å². The Bertz CT molecular complexity index is 127. The molecule has 0 aliphatic carbocycles. The van der Waals surface area contributed by atoms with Crippen molar-refractivity contribution in [3.05, 3.63) is 0 Å². The molecule has 1 aliphatic rings. The summed E-state index contributed by atoms with van der Waals surface area (Å²) in [4.78, 5) is 1.89. The van der Waals surface area contributed by atoms with Gasteiger partial charge in [-0.05, 0) is 44.2 Å². The van der Waals surface area contributed by atoms with E-state index in [2.05, 4.69) is 6.92 Å². The van der Waals surface area contributed by atoms with Gasteiger partial charge in [-0.2, -0.15) is 0 Å². The summed E-state index contributed by atoms with van der Waals surface area (Å²) in [7, 11) is 5.67. The number of rotatable bonds is 3. The van der Waals surface area contributed by atoms with Crippen molar-refractivity contribution >= 4 is 7.98 Å². The topological polar surface area (TPSA) is 23.5 Å². The lowest BCUT2D eigenvalue weighted by atomic mass is 9.76. The van der Waals surface area contributed by atoms with Gasteiger partial charge in [-0.25, -0.2) is 0 Å². The van der Waals surface area contributed by atoms with Crippen LogP contribution in [0.5, 0.6) is 0 Å². The highest BCUT2D eigenvalue weighted by Crippen LogP contribution is 2.34. The van der Waals surface area contributed by atoms with Crippen LogP contribution in [-0.4, -0.2) is 37.6 Å². The maximum Gasteiger partial charge on any atom is 0.182 e. The Morgan fingerprint density at radius 3 is 2.50 bits per heavy atom. The maximum absolute atomic E-state index is 8.73. The third kappa shape index (κ3) is 2.79. The summed E-state index contributed by atoms with van der Waals surface area (Å²) in [5.41, 5.74) is 0.429. The molecule has 3 heteroatoms. The highest BCUT2D eigenvalue weighted by molar-refractivity contribution is 6.04. The van der Waals surface area contributed by atoms with Crippen molar-refractivity contribution in [3.63, 3.8) is 0 Å². The van der Waals surface area contributed by atoms with Gasteiger partial charge in [0.15, 0.2) is 7.98 Å². The van der Waals surface area contributed by atoms with Crippen molar-refractivity contribution in [2.45, 2.75) is 32.6 Å². The normalized spacial score (nSPS) is 24.2. The van der Waals surface area contributed by atoms with E-state index in [9.17, 15) is 0 Å². The second kappa shape index (κ2) is 4.29. The van der Waals surface area contributed by atoms with Crippen LogP contribution < -0.4 is 0 Å². The Kier molecular flexibility index (Phi) is 3.60. The number of aliphatic hydroxyl groups is 1. The van der Waals surface area contributed by atoms with E-state index in [4.69, 9.17) is 13.1 Å². The van der Waals surface area contributed by atoms with E-state index in [1.165, 1.54) is 12.8 Å². The Morgan fingerprint density at radius 2 is 2.00 bits per heavy atom. The summed E-state index contributed by atoms with van der Waals surface area (Å²) in [6, 6.07) is 0. The molecule has 0 aromatic heterocycles. The molecule has 2 radical (unpaired) electrons. The van der Waals surface area contributed by atoms with Crippen LogP contribution in [0.25, 0.3) is 0 Å². The zero-order valence-corrected chi connectivity index (χ0v) is 7.92. The van der Waals surface area contributed by atoms with Crippen molar-refractivity contribution in [2.75, 3.05) is 19.7 Å². The van der Waals surface area contributed by atoms with Crippen molar-refractivity contribution in [1.82, 2.24) is 4.81 Å². The van der Waals surface area contributed by atoms with Gasteiger partial charge in [-0.1, -0.05) is 6.92 Å². The summed E-state index contributed by atoms with van der Waals surface area (Å²) in [6.45, 7) is 4.63. The number of hydrogen-bond acceptors (Lipinski definition) is 2. The molecule has 1 heterocycles. The molecule has 0 atom stereocenters. The molecule has 2 nitrogen and oxygen atoms in total. The van der Waals surface area contributed by atoms with E-state index >= 15 is 0 Å². The number of aliphatic hydroxyl groups excluding tert-OH is 1. The summed E-state index contributed by atoms with van der Waals surface area (Å²) in [6.07, 6.45) is 4.41. The van der Waals surface area contributed by atoms with Crippen LogP contribution in [0.1, 0.15) is 32.6 Å². The molecular weight excluding hydrogens is 149 g/mol. The van der Waals surface area contributed by atoms with Crippen LogP contribution >= 0.6 is 0 Å². The van der Waals surface area contributed by atoms with Gasteiger partial charge in [-0.3, -0.25) is 0 Å². The fourth-order valence-electron chi connectivity index (χ4n) is 1.82. The molecule has 0 aromatic rings. The summed E-state index contributed by atoms with van der Waals surface area (Å²) < 4.78 is 0. The van der Waals surface area contributed by atoms with Gasteiger partial charge in [0.05, 0.1) is 0 Å². The molecule has 12 heavy (non-hydrogen) atoms. The Labute approximate surface area is 76.4 Å². The van der Waals surface area contributed by atoms with E-state index in [-0.39, 0.29) is 0 Å². The fourth-order valence-corrected chi connectivity index (χ4v) is 1.82. The molecule has 68 valence electrons. The SMILES string of the molecule is [B]N1CCC(C)(CCCO)CC1. The van der Waals surface area contributed by atoms with Crippen LogP contribution in [0.2, 0.25) is 0 Å².